The maximum atomic E-state index is 11.3. The highest BCUT2D eigenvalue weighted by molar-refractivity contribution is 5.89. The Morgan fingerprint density at radius 2 is 2.08 bits per heavy atom. The molecule has 2 rings (SSSR count). The fourth-order valence-corrected chi connectivity index (χ4v) is 2.98. The number of aliphatic hydroxyl groups excluding tert-OH is 2. The lowest BCUT2D eigenvalue weighted by Gasteiger charge is -2.37. The molecule has 4 unspecified atom stereocenters. The van der Waals surface area contributed by atoms with Gasteiger partial charge in [0.2, 0.25) is 6.29 Å². The van der Waals surface area contributed by atoms with Gasteiger partial charge in [0.25, 0.3) is 0 Å². The van der Waals surface area contributed by atoms with Gasteiger partial charge in [-0.2, -0.15) is 0 Å². The third-order valence-electron chi connectivity index (χ3n) is 4.15. The Morgan fingerprint density at radius 3 is 2.64 bits per heavy atom. The zero-order chi connectivity index (χ0) is 18.6. The Bertz CT molecular complexity index is 568. The molecule has 0 radical (unpaired) electrons. The van der Waals surface area contributed by atoms with E-state index in [1.54, 1.807) is 13.0 Å². The molecule has 2 heterocycles. The molecule has 0 amide bonds. The Hall–Kier alpha value is -1.94. The van der Waals surface area contributed by atoms with E-state index in [-0.39, 0.29) is 25.0 Å². The van der Waals surface area contributed by atoms with E-state index in [1.807, 2.05) is 0 Å². The van der Waals surface area contributed by atoms with E-state index in [0.29, 0.717) is 5.57 Å². The molecule has 0 aliphatic carbocycles. The molecule has 9 heteroatoms. The van der Waals surface area contributed by atoms with Crippen molar-refractivity contribution in [2.75, 3.05) is 6.61 Å². The predicted octanol–water partition coefficient (Wildman–Crippen LogP) is 0.223. The van der Waals surface area contributed by atoms with Crippen molar-refractivity contribution in [1.82, 2.24) is 0 Å². The summed E-state index contributed by atoms with van der Waals surface area (Å²) in [6.07, 6.45) is -0.643. The first-order valence-electron chi connectivity index (χ1n) is 7.92. The van der Waals surface area contributed by atoms with Gasteiger partial charge in [-0.1, -0.05) is 6.08 Å². The second-order valence-corrected chi connectivity index (χ2v) is 5.92. The van der Waals surface area contributed by atoms with Gasteiger partial charge in [0, 0.05) is 24.3 Å². The van der Waals surface area contributed by atoms with E-state index < -0.39 is 49.1 Å². The van der Waals surface area contributed by atoms with Crippen LogP contribution in [0.15, 0.2) is 23.5 Å². The Kier molecular flexibility index (Phi) is 6.54. The lowest BCUT2D eigenvalue weighted by atomic mass is 9.86. The van der Waals surface area contributed by atoms with Crippen LogP contribution in [0.4, 0.5) is 0 Å². The third-order valence-corrected chi connectivity index (χ3v) is 4.15. The number of hydrogen-bond donors (Lipinski definition) is 4. The number of carboxylic acids is 2. The van der Waals surface area contributed by atoms with E-state index in [1.165, 1.54) is 0 Å². The van der Waals surface area contributed by atoms with Crippen LogP contribution >= 0.6 is 0 Å². The quantitative estimate of drug-likeness (QED) is 0.490. The minimum absolute atomic E-state index is 0.159. The standard InChI is InChI=1S/C16H22O9/c1-2-10-11(5-13(19)20)12(15(21)22)7-23-16(10)25-14-4-8(18)3-9(6-17)24-14/h2,7-9,11,14,16-18H,3-6H2,1H3,(H,19,20)(H,21,22)/b10-2+/t8?,9?,11-,14?,16?/m0/s1. The number of carbonyl (C=O) groups is 2. The average Bonchev–Trinajstić information content (AvgIpc) is 2.53. The molecule has 25 heavy (non-hydrogen) atoms. The second-order valence-electron chi connectivity index (χ2n) is 5.92. The first-order valence-corrected chi connectivity index (χ1v) is 7.92. The molecule has 0 spiro atoms. The van der Waals surface area contributed by atoms with Crippen molar-refractivity contribution in [1.29, 1.82) is 0 Å². The lowest BCUT2D eigenvalue weighted by molar-refractivity contribution is -0.268. The van der Waals surface area contributed by atoms with Crippen LogP contribution < -0.4 is 0 Å². The van der Waals surface area contributed by atoms with E-state index >= 15 is 0 Å². The van der Waals surface area contributed by atoms with Gasteiger partial charge in [-0.05, 0) is 6.92 Å². The van der Waals surface area contributed by atoms with Crippen LogP contribution in [0.5, 0.6) is 0 Å². The summed E-state index contributed by atoms with van der Waals surface area (Å²) in [5, 5.41) is 37.3. The summed E-state index contributed by atoms with van der Waals surface area (Å²) in [6.45, 7) is 1.35. The molecule has 4 N–H and O–H groups in total. The molecule has 140 valence electrons. The van der Waals surface area contributed by atoms with Gasteiger partial charge in [-0.15, -0.1) is 0 Å². The molecule has 0 bridgehead atoms. The molecular weight excluding hydrogens is 336 g/mol. The van der Waals surface area contributed by atoms with Crippen LogP contribution in [0.1, 0.15) is 26.2 Å². The molecule has 0 aromatic rings. The number of aliphatic carboxylic acids is 2. The molecule has 1 saturated heterocycles. The smallest absolute Gasteiger partial charge is 0.335 e. The molecule has 2 aliphatic heterocycles. The molecular formula is C16H22O9. The number of rotatable bonds is 6. The van der Waals surface area contributed by atoms with E-state index in [9.17, 15) is 24.9 Å². The Morgan fingerprint density at radius 1 is 1.36 bits per heavy atom. The van der Waals surface area contributed by atoms with Gasteiger partial charge in [0.1, 0.15) is 0 Å². The summed E-state index contributed by atoms with van der Waals surface area (Å²) in [6, 6.07) is 0. The van der Waals surface area contributed by atoms with Crippen molar-refractivity contribution in [3.8, 4) is 0 Å². The maximum Gasteiger partial charge on any atom is 0.335 e. The summed E-state index contributed by atoms with van der Waals surface area (Å²) in [7, 11) is 0. The zero-order valence-electron chi connectivity index (χ0n) is 13.7. The number of ether oxygens (including phenoxy) is 3. The van der Waals surface area contributed by atoms with E-state index in [2.05, 4.69) is 0 Å². The monoisotopic (exact) mass is 358 g/mol. The molecule has 2 aliphatic rings. The van der Waals surface area contributed by atoms with Crippen molar-refractivity contribution in [3.05, 3.63) is 23.5 Å². The van der Waals surface area contributed by atoms with Crippen molar-refractivity contribution in [2.24, 2.45) is 5.92 Å². The molecule has 1 fully saturated rings. The minimum atomic E-state index is -1.27. The van der Waals surface area contributed by atoms with Crippen molar-refractivity contribution >= 4 is 11.9 Å². The SMILES string of the molecule is C/C=C1/C(OC2CC(O)CC(CO)O2)OC=C(C(=O)O)[C@H]1CC(=O)O. The molecule has 0 saturated carbocycles. The van der Waals surface area contributed by atoms with Crippen LogP contribution in [-0.2, 0) is 23.8 Å². The second kappa shape index (κ2) is 8.43. The fourth-order valence-electron chi connectivity index (χ4n) is 2.98. The number of carboxylic acid groups (broad SMARTS) is 2. The summed E-state index contributed by atoms with van der Waals surface area (Å²) in [5.74, 6) is -3.32. The van der Waals surface area contributed by atoms with Gasteiger partial charge < -0.3 is 34.6 Å². The first-order chi connectivity index (χ1) is 11.8. The van der Waals surface area contributed by atoms with Crippen LogP contribution in [0, 0.1) is 5.92 Å². The van der Waals surface area contributed by atoms with Crippen molar-refractivity contribution in [3.63, 3.8) is 0 Å². The highest BCUT2D eigenvalue weighted by Crippen LogP contribution is 2.35. The Labute approximate surface area is 144 Å². The average molecular weight is 358 g/mol. The zero-order valence-corrected chi connectivity index (χ0v) is 13.7. The van der Waals surface area contributed by atoms with Crippen molar-refractivity contribution < 1.29 is 44.2 Å². The van der Waals surface area contributed by atoms with E-state index in [0.717, 1.165) is 6.26 Å². The Balaban J connectivity index is 2.17. The predicted molar refractivity (Wildman–Crippen MR) is 82.2 cm³/mol. The van der Waals surface area contributed by atoms with Gasteiger partial charge in [0.15, 0.2) is 6.29 Å². The number of aliphatic hydroxyl groups is 2. The largest absolute Gasteiger partial charge is 0.481 e. The van der Waals surface area contributed by atoms with Crippen LogP contribution in [0.2, 0.25) is 0 Å². The van der Waals surface area contributed by atoms with Crippen LogP contribution in [-0.4, -0.2) is 63.8 Å². The highest BCUT2D eigenvalue weighted by Gasteiger charge is 2.39. The summed E-state index contributed by atoms with van der Waals surface area (Å²) in [4.78, 5) is 22.4. The minimum Gasteiger partial charge on any atom is -0.481 e. The summed E-state index contributed by atoms with van der Waals surface area (Å²) >= 11 is 0. The number of allylic oxidation sites excluding steroid dienone is 1. The summed E-state index contributed by atoms with van der Waals surface area (Å²) in [5.41, 5.74) is 0.180. The lowest BCUT2D eigenvalue weighted by Crippen LogP contribution is -2.42. The normalized spacial score (nSPS) is 34.3. The van der Waals surface area contributed by atoms with Gasteiger partial charge in [-0.25, -0.2) is 4.79 Å². The first kappa shape index (κ1) is 19.4. The maximum absolute atomic E-state index is 11.3. The van der Waals surface area contributed by atoms with Gasteiger partial charge in [0.05, 0.1) is 37.1 Å². The van der Waals surface area contributed by atoms with Gasteiger partial charge >= 0.3 is 11.9 Å². The van der Waals surface area contributed by atoms with E-state index in [4.69, 9.17) is 19.3 Å². The van der Waals surface area contributed by atoms with Crippen molar-refractivity contribution in [2.45, 2.75) is 51.0 Å². The van der Waals surface area contributed by atoms with Gasteiger partial charge in [-0.3, -0.25) is 4.79 Å². The third kappa shape index (κ3) is 4.79. The number of hydrogen-bond acceptors (Lipinski definition) is 7. The fraction of sp³-hybridized carbons (Fsp3) is 0.625. The highest BCUT2D eigenvalue weighted by atomic mass is 16.8. The molecule has 9 nitrogen and oxygen atoms in total. The van der Waals surface area contributed by atoms with Crippen LogP contribution in [0.3, 0.4) is 0 Å². The van der Waals surface area contributed by atoms with Crippen LogP contribution in [0.25, 0.3) is 0 Å². The molecule has 0 aromatic carbocycles. The molecule has 5 atom stereocenters. The topological polar surface area (TPSA) is 143 Å². The summed E-state index contributed by atoms with van der Waals surface area (Å²) < 4.78 is 16.5. The molecule has 0 aromatic heterocycles.